The lowest BCUT2D eigenvalue weighted by Gasteiger charge is -2.34. The molecule has 170 valence electrons. The fourth-order valence-corrected chi connectivity index (χ4v) is 5.15. The highest BCUT2D eigenvalue weighted by Crippen LogP contribution is 2.42. The summed E-state index contributed by atoms with van der Waals surface area (Å²) in [5, 5.41) is 13.5. The van der Waals surface area contributed by atoms with Crippen LogP contribution in [0.4, 0.5) is 18.2 Å². The second kappa shape index (κ2) is 9.00. The minimum Gasteiger partial charge on any atom is -0.466 e. The highest BCUT2D eigenvalue weighted by molar-refractivity contribution is 7.16. The second-order valence-corrected chi connectivity index (χ2v) is 9.04. The number of anilines is 1. The van der Waals surface area contributed by atoms with Crippen LogP contribution in [0.15, 0.2) is 24.3 Å². The number of nitriles is 1. The number of amides is 1. The van der Waals surface area contributed by atoms with Gasteiger partial charge in [0.05, 0.1) is 12.7 Å². The third-order valence-electron chi connectivity index (χ3n) is 5.23. The van der Waals surface area contributed by atoms with Crippen molar-refractivity contribution in [1.82, 2.24) is 5.32 Å². The van der Waals surface area contributed by atoms with Crippen molar-refractivity contribution in [2.24, 2.45) is 5.92 Å². The molecule has 1 aromatic heterocycles. The number of halogens is 4. The lowest BCUT2D eigenvalue weighted by molar-refractivity contribution is -0.203. The van der Waals surface area contributed by atoms with Crippen molar-refractivity contribution >= 4 is 39.8 Å². The van der Waals surface area contributed by atoms with E-state index in [-0.39, 0.29) is 21.2 Å². The lowest BCUT2D eigenvalue weighted by Crippen LogP contribution is -2.69. The summed E-state index contributed by atoms with van der Waals surface area (Å²) >= 11 is 6.81. The minimum absolute atomic E-state index is 0.0337. The average molecular weight is 486 g/mol. The molecule has 0 fully saturated rings. The molecular weight excluding hydrogens is 467 g/mol. The Kier molecular flexibility index (Phi) is 6.72. The number of fused-ring (bicyclic) bond motifs is 1. The van der Waals surface area contributed by atoms with Crippen LogP contribution in [-0.2, 0) is 22.4 Å². The lowest BCUT2D eigenvalue weighted by atomic mass is 9.88. The monoisotopic (exact) mass is 485 g/mol. The van der Waals surface area contributed by atoms with Crippen molar-refractivity contribution in [3.8, 4) is 6.07 Å². The van der Waals surface area contributed by atoms with Gasteiger partial charge in [-0.25, -0.2) is 4.79 Å². The molecule has 6 nitrogen and oxygen atoms in total. The van der Waals surface area contributed by atoms with Crippen molar-refractivity contribution < 1.29 is 27.5 Å². The molecule has 3 rings (SSSR count). The van der Waals surface area contributed by atoms with Crippen molar-refractivity contribution in [2.75, 3.05) is 12.4 Å². The van der Waals surface area contributed by atoms with Gasteiger partial charge in [0, 0.05) is 15.5 Å². The highest BCUT2D eigenvalue weighted by Gasteiger charge is 2.64. The van der Waals surface area contributed by atoms with E-state index in [1.807, 2.05) is 13.0 Å². The van der Waals surface area contributed by atoms with E-state index in [9.17, 15) is 28.0 Å². The molecule has 2 N–H and O–H groups in total. The maximum absolute atomic E-state index is 14.4. The molecule has 0 unspecified atom stereocenters. The van der Waals surface area contributed by atoms with E-state index in [2.05, 4.69) is 10.1 Å². The van der Waals surface area contributed by atoms with Gasteiger partial charge in [-0.05, 0) is 48.9 Å². The van der Waals surface area contributed by atoms with Crippen LogP contribution in [0.2, 0.25) is 5.02 Å². The molecule has 1 aliphatic carbocycles. The number of methoxy groups -OCH3 is 1. The zero-order valence-corrected chi connectivity index (χ0v) is 18.7. The zero-order chi connectivity index (χ0) is 23.7. The fourth-order valence-electron chi connectivity index (χ4n) is 3.54. The van der Waals surface area contributed by atoms with E-state index >= 15 is 0 Å². The van der Waals surface area contributed by atoms with Crippen LogP contribution in [0, 0.1) is 17.2 Å². The normalized spacial score (nSPS) is 17.5. The van der Waals surface area contributed by atoms with Crippen molar-refractivity contribution in [3.05, 3.63) is 50.9 Å². The number of thiophene rings is 1. The Hall–Kier alpha value is -2.77. The Labute approximate surface area is 191 Å². The third kappa shape index (κ3) is 4.40. The van der Waals surface area contributed by atoms with E-state index in [1.54, 1.807) is 5.32 Å². The SMILES string of the molecule is COC(=O)[C@@](NC(=O)c1cccc(Cl)c1)(Nc1sc2c(c1C#N)CC[C@H](C)C2)C(F)(F)F. The van der Waals surface area contributed by atoms with Crippen molar-refractivity contribution in [3.63, 3.8) is 0 Å². The molecule has 1 aromatic carbocycles. The third-order valence-corrected chi connectivity index (χ3v) is 6.63. The maximum Gasteiger partial charge on any atom is 0.441 e. The van der Waals surface area contributed by atoms with Gasteiger partial charge in [-0.2, -0.15) is 18.4 Å². The van der Waals surface area contributed by atoms with E-state index in [1.165, 1.54) is 24.3 Å². The molecule has 2 aromatic rings. The minimum atomic E-state index is -5.31. The number of alkyl halides is 3. The summed E-state index contributed by atoms with van der Waals surface area (Å²) in [5.74, 6) is -2.66. The largest absolute Gasteiger partial charge is 0.466 e. The van der Waals surface area contributed by atoms with Crippen LogP contribution in [0.5, 0.6) is 0 Å². The van der Waals surface area contributed by atoms with Gasteiger partial charge >= 0.3 is 17.8 Å². The molecule has 1 heterocycles. The molecular formula is C21H19ClF3N3O3S. The number of nitrogens with zero attached hydrogens (tertiary/aromatic N) is 1. The van der Waals surface area contributed by atoms with Gasteiger partial charge in [0.25, 0.3) is 5.91 Å². The van der Waals surface area contributed by atoms with Gasteiger partial charge in [0.15, 0.2) is 0 Å². The number of benzene rings is 1. The summed E-state index contributed by atoms with van der Waals surface area (Å²) in [6.45, 7) is 2.02. The van der Waals surface area contributed by atoms with Gasteiger partial charge in [-0.3, -0.25) is 4.79 Å². The number of rotatable bonds is 5. The van der Waals surface area contributed by atoms with Gasteiger partial charge in [0.2, 0.25) is 0 Å². The Balaban J connectivity index is 2.09. The van der Waals surface area contributed by atoms with Crippen LogP contribution < -0.4 is 10.6 Å². The maximum atomic E-state index is 14.4. The molecule has 2 atom stereocenters. The van der Waals surface area contributed by atoms with E-state index in [4.69, 9.17) is 11.6 Å². The van der Waals surface area contributed by atoms with Crippen LogP contribution in [0.25, 0.3) is 0 Å². The number of carbonyl (C=O) groups excluding carboxylic acids is 2. The number of ether oxygens (including phenoxy) is 1. The van der Waals surface area contributed by atoms with E-state index in [0.717, 1.165) is 29.7 Å². The summed E-state index contributed by atoms with van der Waals surface area (Å²) in [6.07, 6.45) is -3.35. The molecule has 1 aliphatic rings. The number of carbonyl (C=O) groups is 2. The highest BCUT2D eigenvalue weighted by atomic mass is 35.5. The summed E-state index contributed by atoms with van der Waals surface area (Å²) in [7, 11) is 0.780. The summed E-state index contributed by atoms with van der Waals surface area (Å²) in [5.41, 5.74) is -3.10. The van der Waals surface area contributed by atoms with Crippen LogP contribution >= 0.6 is 22.9 Å². The Morgan fingerprint density at radius 2 is 2.06 bits per heavy atom. The average Bonchev–Trinajstić information content (AvgIpc) is 3.07. The smallest absolute Gasteiger partial charge is 0.441 e. The predicted octanol–water partition coefficient (Wildman–Crippen LogP) is 4.67. The predicted molar refractivity (Wildman–Crippen MR) is 114 cm³/mol. The van der Waals surface area contributed by atoms with Gasteiger partial charge in [0.1, 0.15) is 11.1 Å². The Morgan fingerprint density at radius 1 is 1.34 bits per heavy atom. The first-order chi connectivity index (χ1) is 15.0. The van der Waals surface area contributed by atoms with Gasteiger partial charge < -0.3 is 15.4 Å². The zero-order valence-electron chi connectivity index (χ0n) is 17.1. The first-order valence-corrected chi connectivity index (χ1v) is 10.8. The second-order valence-electron chi connectivity index (χ2n) is 7.50. The Morgan fingerprint density at radius 3 is 2.66 bits per heavy atom. The summed E-state index contributed by atoms with van der Waals surface area (Å²) < 4.78 is 47.5. The topological polar surface area (TPSA) is 91.2 Å². The standard InChI is InChI=1S/C21H19ClF3N3O3S/c1-11-6-7-14-15(10-26)18(32-16(14)8-11)28-20(19(30)31-2,21(23,24)25)27-17(29)12-4-3-5-13(22)9-12/h3-5,9,11,28H,6-8H2,1-2H3,(H,27,29)/t11-,20+/m0/s1. The molecule has 0 spiro atoms. The van der Waals surface area contributed by atoms with Gasteiger partial charge in [-0.15, -0.1) is 11.3 Å². The van der Waals surface area contributed by atoms with Gasteiger partial charge in [-0.1, -0.05) is 24.6 Å². The number of esters is 1. The molecule has 11 heteroatoms. The van der Waals surface area contributed by atoms with Crippen LogP contribution in [-0.4, -0.2) is 30.8 Å². The number of nitrogens with one attached hydrogen (secondary N) is 2. The van der Waals surface area contributed by atoms with Crippen molar-refractivity contribution in [2.45, 2.75) is 38.0 Å². The van der Waals surface area contributed by atoms with Crippen molar-refractivity contribution in [1.29, 1.82) is 5.26 Å². The molecule has 0 aliphatic heterocycles. The molecule has 0 saturated heterocycles. The summed E-state index contributed by atoms with van der Waals surface area (Å²) in [6, 6.07) is 7.20. The number of hydrogen-bond donors (Lipinski definition) is 2. The molecule has 32 heavy (non-hydrogen) atoms. The quantitative estimate of drug-likeness (QED) is 0.474. The molecule has 0 radical (unpaired) electrons. The van der Waals surface area contributed by atoms with Crippen LogP contribution in [0.1, 0.15) is 39.7 Å². The first-order valence-electron chi connectivity index (χ1n) is 9.58. The van der Waals surface area contributed by atoms with E-state index in [0.29, 0.717) is 24.3 Å². The number of hydrogen-bond acceptors (Lipinski definition) is 6. The summed E-state index contributed by atoms with van der Waals surface area (Å²) in [4.78, 5) is 26.0. The molecule has 0 bridgehead atoms. The fraction of sp³-hybridized carbons (Fsp3) is 0.381. The van der Waals surface area contributed by atoms with E-state index < -0.39 is 23.7 Å². The Bertz CT molecular complexity index is 1100. The molecule has 0 saturated carbocycles. The first kappa shape index (κ1) is 23.9. The van der Waals surface area contributed by atoms with Crippen LogP contribution in [0.3, 0.4) is 0 Å². The molecule has 1 amide bonds.